The molecule has 0 fully saturated rings. The number of carbonyl (C=O) groups excluding carboxylic acids is 2. The van der Waals surface area contributed by atoms with Crippen LogP contribution in [-0.2, 0) is 17.6 Å². The highest BCUT2D eigenvalue weighted by Gasteiger charge is 2.12. The molecule has 0 unspecified atom stereocenters. The van der Waals surface area contributed by atoms with Gasteiger partial charge in [-0.05, 0) is 24.1 Å². The molecule has 8 nitrogen and oxygen atoms in total. The van der Waals surface area contributed by atoms with Crippen LogP contribution in [0.4, 0.5) is 5.13 Å². The second-order valence-electron chi connectivity index (χ2n) is 6.64. The van der Waals surface area contributed by atoms with E-state index < -0.39 is 0 Å². The number of benzene rings is 2. The van der Waals surface area contributed by atoms with Crippen molar-refractivity contribution in [3.63, 3.8) is 0 Å². The Morgan fingerprint density at radius 1 is 0.968 bits per heavy atom. The molecule has 1 aromatic heterocycles. The number of nitrogens with zero attached hydrogens (tertiary/aromatic N) is 2. The minimum absolute atomic E-state index is 0.117. The van der Waals surface area contributed by atoms with Gasteiger partial charge in [-0.2, -0.15) is 0 Å². The number of aromatic nitrogens is 2. The molecule has 2 aromatic carbocycles. The molecular formula is C22H24N4O4S. The van der Waals surface area contributed by atoms with Gasteiger partial charge in [-0.1, -0.05) is 41.7 Å². The van der Waals surface area contributed by atoms with E-state index in [1.165, 1.54) is 31.1 Å². The molecule has 0 spiro atoms. The number of anilines is 1. The third kappa shape index (κ3) is 6.78. The summed E-state index contributed by atoms with van der Waals surface area (Å²) in [6.45, 7) is 0.184. The average molecular weight is 441 g/mol. The lowest BCUT2D eigenvalue weighted by Crippen LogP contribution is -2.27. The van der Waals surface area contributed by atoms with Crippen molar-refractivity contribution in [1.82, 2.24) is 15.5 Å². The predicted molar refractivity (Wildman–Crippen MR) is 119 cm³/mol. The Balaban J connectivity index is 1.43. The minimum Gasteiger partial charge on any atom is -0.497 e. The molecule has 31 heavy (non-hydrogen) atoms. The van der Waals surface area contributed by atoms with Crippen molar-refractivity contribution in [2.24, 2.45) is 0 Å². The highest BCUT2D eigenvalue weighted by atomic mass is 32.1. The Labute approximate surface area is 184 Å². The van der Waals surface area contributed by atoms with E-state index in [1.807, 2.05) is 18.2 Å². The van der Waals surface area contributed by atoms with E-state index >= 15 is 0 Å². The van der Waals surface area contributed by atoms with Crippen LogP contribution in [0, 0.1) is 0 Å². The van der Waals surface area contributed by atoms with Crippen molar-refractivity contribution in [2.75, 3.05) is 26.1 Å². The van der Waals surface area contributed by atoms with E-state index in [1.54, 1.807) is 18.2 Å². The van der Waals surface area contributed by atoms with Crippen molar-refractivity contribution in [3.8, 4) is 11.5 Å². The quantitative estimate of drug-likeness (QED) is 0.502. The normalized spacial score (nSPS) is 10.4. The minimum atomic E-state index is -0.316. The van der Waals surface area contributed by atoms with Gasteiger partial charge in [0.2, 0.25) is 11.0 Å². The number of aryl methyl sites for hydroxylation is 2. The van der Waals surface area contributed by atoms with Gasteiger partial charge in [0, 0.05) is 31.0 Å². The highest BCUT2D eigenvalue weighted by Crippen LogP contribution is 2.22. The lowest BCUT2D eigenvalue weighted by Gasteiger charge is -2.09. The van der Waals surface area contributed by atoms with E-state index in [4.69, 9.17) is 9.47 Å². The van der Waals surface area contributed by atoms with Crippen LogP contribution in [0.2, 0.25) is 0 Å². The van der Waals surface area contributed by atoms with Gasteiger partial charge in [0.1, 0.15) is 16.5 Å². The van der Waals surface area contributed by atoms with E-state index in [0.29, 0.717) is 22.2 Å². The maximum Gasteiger partial charge on any atom is 0.251 e. The van der Waals surface area contributed by atoms with Crippen LogP contribution in [0.1, 0.15) is 27.3 Å². The number of methoxy groups -OCH3 is 2. The van der Waals surface area contributed by atoms with Gasteiger partial charge in [-0.3, -0.25) is 9.59 Å². The third-order valence-electron chi connectivity index (χ3n) is 4.43. The zero-order chi connectivity index (χ0) is 22.1. The van der Waals surface area contributed by atoms with Gasteiger partial charge >= 0.3 is 0 Å². The highest BCUT2D eigenvalue weighted by molar-refractivity contribution is 7.15. The molecular weight excluding hydrogens is 416 g/mol. The number of hydrogen-bond acceptors (Lipinski definition) is 7. The van der Waals surface area contributed by atoms with Crippen LogP contribution >= 0.6 is 11.3 Å². The molecule has 0 aliphatic carbocycles. The molecule has 0 atom stereocenters. The molecule has 0 saturated heterocycles. The summed E-state index contributed by atoms with van der Waals surface area (Å²) in [5.74, 6) is 0.474. The van der Waals surface area contributed by atoms with Gasteiger partial charge in [0.15, 0.2) is 0 Å². The largest absolute Gasteiger partial charge is 0.497 e. The smallest absolute Gasteiger partial charge is 0.251 e. The topological polar surface area (TPSA) is 102 Å². The zero-order valence-corrected chi connectivity index (χ0v) is 18.2. The standard InChI is InChI=1S/C22H24N4O4S/c1-29-17-12-16(13-18(14-17)30-2)21(28)23-11-10-19(27)24-22-26-25-20(31-22)9-8-15-6-4-3-5-7-15/h3-7,12-14H,8-11H2,1-2H3,(H,23,28)(H,24,26,27). The van der Waals surface area contributed by atoms with Crippen molar-refractivity contribution < 1.29 is 19.1 Å². The van der Waals surface area contributed by atoms with Crippen molar-refractivity contribution in [3.05, 3.63) is 64.7 Å². The second kappa shape index (κ2) is 11.1. The number of carbonyl (C=O) groups is 2. The summed E-state index contributed by atoms with van der Waals surface area (Å²) >= 11 is 1.36. The van der Waals surface area contributed by atoms with Gasteiger partial charge in [0.25, 0.3) is 5.91 Å². The summed E-state index contributed by atoms with van der Waals surface area (Å²) in [5.41, 5.74) is 1.62. The number of hydrogen-bond donors (Lipinski definition) is 2. The number of amides is 2. The molecule has 3 rings (SSSR count). The molecule has 3 aromatic rings. The molecule has 1 heterocycles. The molecule has 2 N–H and O–H groups in total. The van der Waals surface area contributed by atoms with Crippen LogP contribution in [0.25, 0.3) is 0 Å². The van der Waals surface area contributed by atoms with Crippen molar-refractivity contribution in [1.29, 1.82) is 0 Å². The Bertz CT molecular complexity index is 1000. The number of rotatable bonds is 10. The summed E-state index contributed by atoms with van der Waals surface area (Å²) in [6, 6.07) is 15.0. The lowest BCUT2D eigenvalue weighted by molar-refractivity contribution is -0.116. The lowest BCUT2D eigenvalue weighted by atomic mass is 10.1. The Morgan fingerprint density at radius 2 is 1.68 bits per heavy atom. The summed E-state index contributed by atoms with van der Waals surface area (Å²) in [5, 5.41) is 14.9. The van der Waals surface area contributed by atoms with E-state index in [9.17, 15) is 9.59 Å². The molecule has 2 amide bonds. The van der Waals surface area contributed by atoms with E-state index in [0.717, 1.165) is 17.8 Å². The molecule has 0 aliphatic rings. The summed E-state index contributed by atoms with van der Waals surface area (Å²) in [6.07, 6.45) is 1.74. The summed E-state index contributed by atoms with van der Waals surface area (Å²) in [7, 11) is 3.03. The fourth-order valence-electron chi connectivity index (χ4n) is 2.81. The molecule has 0 saturated carbocycles. The van der Waals surface area contributed by atoms with Gasteiger partial charge in [-0.25, -0.2) is 0 Å². The summed E-state index contributed by atoms with van der Waals surface area (Å²) in [4.78, 5) is 24.5. The number of ether oxygens (including phenoxy) is 2. The Hall–Kier alpha value is -3.46. The Morgan fingerprint density at radius 3 is 2.35 bits per heavy atom. The first kappa shape index (κ1) is 22.2. The van der Waals surface area contributed by atoms with Crippen molar-refractivity contribution in [2.45, 2.75) is 19.3 Å². The van der Waals surface area contributed by atoms with E-state index in [-0.39, 0.29) is 24.8 Å². The first-order chi connectivity index (χ1) is 15.1. The van der Waals surface area contributed by atoms with Crippen LogP contribution in [-0.4, -0.2) is 42.8 Å². The fourth-order valence-corrected chi connectivity index (χ4v) is 3.57. The fraction of sp³-hybridized carbons (Fsp3) is 0.273. The predicted octanol–water partition coefficient (Wildman–Crippen LogP) is 3.10. The molecule has 0 bridgehead atoms. The molecule has 0 aliphatic heterocycles. The molecule has 162 valence electrons. The maximum absolute atomic E-state index is 12.3. The summed E-state index contributed by atoms with van der Waals surface area (Å²) < 4.78 is 10.3. The van der Waals surface area contributed by atoms with Crippen LogP contribution in [0.5, 0.6) is 11.5 Å². The maximum atomic E-state index is 12.3. The Kier molecular flexibility index (Phi) is 7.94. The van der Waals surface area contributed by atoms with Gasteiger partial charge in [0.05, 0.1) is 14.2 Å². The monoisotopic (exact) mass is 440 g/mol. The zero-order valence-electron chi connectivity index (χ0n) is 17.4. The second-order valence-corrected chi connectivity index (χ2v) is 7.70. The van der Waals surface area contributed by atoms with Gasteiger partial charge in [-0.15, -0.1) is 10.2 Å². The van der Waals surface area contributed by atoms with E-state index in [2.05, 4.69) is 33.0 Å². The molecule has 0 radical (unpaired) electrons. The van der Waals surface area contributed by atoms with Crippen LogP contribution < -0.4 is 20.1 Å². The van der Waals surface area contributed by atoms with Crippen LogP contribution in [0.15, 0.2) is 48.5 Å². The third-order valence-corrected chi connectivity index (χ3v) is 5.33. The van der Waals surface area contributed by atoms with Crippen LogP contribution in [0.3, 0.4) is 0 Å². The first-order valence-corrected chi connectivity index (χ1v) is 10.6. The van der Waals surface area contributed by atoms with Crippen molar-refractivity contribution >= 4 is 28.3 Å². The van der Waals surface area contributed by atoms with Gasteiger partial charge < -0.3 is 20.1 Å². The number of nitrogens with one attached hydrogen (secondary N) is 2. The molecule has 9 heteroatoms. The first-order valence-electron chi connectivity index (χ1n) is 9.75. The SMILES string of the molecule is COc1cc(OC)cc(C(=O)NCCC(=O)Nc2nnc(CCc3ccccc3)s2)c1. The average Bonchev–Trinajstić information content (AvgIpc) is 3.25.